The van der Waals surface area contributed by atoms with E-state index in [2.05, 4.69) is 0 Å². The Labute approximate surface area is 34.2 Å². The summed E-state index contributed by atoms with van der Waals surface area (Å²) >= 11 is 0. The quantitative estimate of drug-likeness (QED) is 0.405. The van der Waals surface area contributed by atoms with Crippen LogP contribution >= 0.6 is 0 Å². The maximum absolute atomic E-state index is 1.50. The highest BCUT2D eigenvalue weighted by molar-refractivity contribution is 4.50. The van der Waals surface area contributed by atoms with Crippen LogP contribution in [0.25, 0.3) is 0 Å². The normalized spacial score (nSPS) is 19.2. The molecule has 0 aromatic carbocycles. The first-order valence-corrected chi connectivity index (χ1v) is 2.00. The topological polar surface area (TPSA) is 0 Å². The van der Waals surface area contributed by atoms with Gasteiger partial charge in [0.1, 0.15) is 0 Å². The number of hydrogen-bond donors (Lipinski definition) is 0. The zero-order valence-electron chi connectivity index (χ0n) is 3.33. The fourth-order valence-electron chi connectivity index (χ4n) is 0.250. The van der Waals surface area contributed by atoms with E-state index in [0.717, 1.165) is 0 Å². The zero-order chi connectivity index (χ0) is 2.83. The minimum Gasteiger partial charge on any atom is -0.0533 e. The molecular weight excluding hydrogens is 60.1 g/mol. The summed E-state index contributed by atoms with van der Waals surface area (Å²) in [4.78, 5) is 0. The van der Waals surface area contributed by atoms with Gasteiger partial charge in [0.25, 0.3) is 0 Å². The van der Waals surface area contributed by atoms with E-state index < -0.39 is 0 Å². The summed E-state index contributed by atoms with van der Waals surface area (Å²) in [6, 6.07) is 0. The minimum absolute atomic E-state index is 0. The largest absolute Gasteiger partial charge is 0.0533 e. The second-order valence-corrected chi connectivity index (χ2v) is 1.41. The molecule has 1 aliphatic carbocycles. The molecule has 0 atom stereocenters. The van der Waals surface area contributed by atoms with Gasteiger partial charge in [-0.25, -0.2) is 0 Å². The molecule has 0 bridgehead atoms. The lowest BCUT2D eigenvalue weighted by atomic mass is 10.0. The first-order valence-electron chi connectivity index (χ1n) is 2.00. The molecule has 0 spiro atoms. The predicted molar refractivity (Wildman–Crippen MR) is 21.7 cm³/mol. The van der Waals surface area contributed by atoms with Crippen LogP contribution in [0.5, 0.6) is 0 Å². The van der Waals surface area contributed by atoms with Crippen LogP contribution in [0, 0.1) is 7.43 Å². The molecule has 0 aromatic heterocycles. The summed E-state index contributed by atoms with van der Waals surface area (Å²) < 4.78 is 0. The fourth-order valence-corrected chi connectivity index (χ4v) is 0.250. The molecule has 1 rings (SSSR count). The Morgan fingerprint density at radius 1 is 0.600 bits per heavy atom. The molecule has 1 fully saturated rings. The lowest BCUT2D eigenvalue weighted by Gasteiger charge is -2.05. The lowest BCUT2D eigenvalue weighted by molar-refractivity contribution is 0.504. The predicted octanol–water partition coefficient (Wildman–Crippen LogP) is 1.64. The molecule has 0 heteroatoms. The van der Waals surface area contributed by atoms with Gasteiger partial charge < -0.3 is 0 Å². The van der Waals surface area contributed by atoms with Gasteiger partial charge in [-0.2, -0.15) is 0 Å². The van der Waals surface area contributed by atoms with Gasteiger partial charge in [0.05, 0.1) is 0 Å². The van der Waals surface area contributed by atoms with Crippen LogP contribution < -0.4 is 0 Å². The average Bonchev–Trinajstić information content (AvgIpc) is 0.722. The lowest BCUT2D eigenvalue weighted by Crippen LogP contribution is -1.85. The molecule has 0 unspecified atom stereocenters. The molecule has 0 heterocycles. The molecular formula is C5H8. The fraction of sp³-hybridized carbons (Fsp3) is 0.800. The Bertz CT molecular complexity index is 8.00. The van der Waals surface area contributed by atoms with Crippen LogP contribution in [0.3, 0.4) is 0 Å². The monoisotopic (exact) mass is 68.1 g/mol. The van der Waals surface area contributed by atoms with Crippen molar-refractivity contribution in [2.75, 3.05) is 0 Å². The van der Waals surface area contributed by atoms with Crippen LogP contribution in [-0.2, 0) is 0 Å². The van der Waals surface area contributed by atoms with Gasteiger partial charge in [0.2, 0.25) is 0 Å². The summed E-state index contributed by atoms with van der Waals surface area (Å²) in [7, 11) is 0. The molecule has 0 aromatic rings. The van der Waals surface area contributed by atoms with Crippen LogP contribution in [0.1, 0.15) is 25.7 Å². The summed E-state index contributed by atoms with van der Waals surface area (Å²) in [5, 5.41) is 0. The molecule has 28 valence electrons. The SMILES string of the molecule is C1CCC1.[C]. The molecule has 4 radical (unpaired) electrons. The van der Waals surface area contributed by atoms with Gasteiger partial charge >= 0.3 is 0 Å². The van der Waals surface area contributed by atoms with E-state index in [4.69, 9.17) is 0 Å². The third-order valence-corrected chi connectivity index (χ3v) is 1.000. The highest BCUT2D eigenvalue weighted by Gasteiger charge is 1.95. The maximum Gasteiger partial charge on any atom is 0 e. The van der Waals surface area contributed by atoms with Crippen LogP contribution in [0.2, 0.25) is 0 Å². The molecule has 0 nitrogen and oxygen atoms in total. The van der Waals surface area contributed by atoms with Crippen molar-refractivity contribution < 1.29 is 0 Å². The van der Waals surface area contributed by atoms with Crippen molar-refractivity contribution in [1.82, 2.24) is 0 Å². The smallest absolute Gasteiger partial charge is 0 e. The number of rotatable bonds is 0. The van der Waals surface area contributed by atoms with Crippen LogP contribution in [0.15, 0.2) is 0 Å². The second kappa shape index (κ2) is 2.25. The van der Waals surface area contributed by atoms with Gasteiger partial charge in [-0.1, -0.05) is 25.7 Å². The van der Waals surface area contributed by atoms with E-state index in [0.29, 0.717) is 0 Å². The molecule has 0 aliphatic heterocycles. The van der Waals surface area contributed by atoms with Crippen molar-refractivity contribution in [1.29, 1.82) is 0 Å². The van der Waals surface area contributed by atoms with Crippen molar-refractivity contribution in [3.8, 4) is 0 Å². The van der Waals surface area contributed by atoms with E-state index >= 15 is 0 Å². The summed E-state index contributed by atoms with van der Waals surface area (Å²) in [6.45, 7) is 0. The highest BCUT2D eigenvalue weighted by atomic mass is 14.0. The molecule has 5 heavy (non-hydrogen) atoms. The Morgan fingerprint density at radius 2 is 0.800 bits per heavy atom. The van der Waals surface area contributed by atoms with Gasteiger partial charge in [0, 0.05) is 7.43 Å². The van der Waals surface area contributed by atoms with Crippen molar-refractivity contribution in [3.63, 3.8) is 0 Å². The van der Waals surface area contributed by atoms with Crippen molar-refractivity contribution in [2.45, 2.75) is 25.7 Å². The van der Waals surface area contributed by atoms with E-state index in [-0.39, 0.29) is 7.43 Å². The zero-order valence-corrected chi connectivity index (χ0v) is 3.33. The Hall–Kier alpha value is 0. The second-order valence-electron chi connectivity index (χ2n) is 1.41. The first-order chi connectivity index (χ1) is 2.00. The van der Waals surface area contributed by atoms with Crippen molar-refractivity contribution in [3.05, 3.63) is 7.43 Å². The van der Waals surface area contributed by atoms with Gasteiger partial charge in [-0.3, -0.25) is 0 Å². The summed E-state index contributed by atoms with van der Waals surface area (Å²) in [6.07, 6.45) is 6.00. The van der Waals surface area contributed by atoms with Gasteiger partial charge in [-0.15, -0.1) is 0 Å². The standard InChI is InChI=1S/C4H8.C/c1-2-4-3-1;/h1-4H2;. The highest BCUT2D eigenvalue weighted by Crippen LogP contribution is 2.15. The van der Waals surface area contributed by atoms with Gasteiger partial charge in [-0.05, 0) is 0 Å². The third kappa shape index (κ3) is 1.00. The van der Waals surface area contributed by atoms with Crippen LogP contribution in [0.4, 0.5) is 0 Å². The molecule has 1 aliphatic rings. The van der Waals surface area contributed by atoms with E-state index in [9.17, 15) is 0 Å². The average molecular weight is 68.1 g/mol. The van der Waals surface area contributed by atoms with E-state index in [1.807, 2.05) is 0 Å². The Kier molecular flexibility index (Phi) is 2.25. The molecule has 0 saturated heterocycles. The van der Waals surface area contributed by atoms with E-state index in [1.54, 1.807) is 0 Å². The van der Waals surface area contributed by atoms with Gasteiger partial charge in [0.15, 0.2) is 0 Å². The Balaban J connectivity index is 0.000000160. The third-order valence-electron chi connectivity index (χ3n) is 1.000. The van der Waals surface area contributed by atoms with Crippen LogP contribution in [-0.4, -0.2) is 0 Å². The molecule has 0 N–H and O–H groups in total. The van der Waals surface area contributed by atoms with E-state index in [1.165, 1.54) is 25.7 Å². The summed E-state index contributed by atoms with van der Waals surface area (Å²) in [5.74, 6) is 0. The minimum atomic E-state index is 0. The Morgan fingerprint density at radius 3 is 0.800 bits per heavy atom. The van der Waals surface area contributed by atoms with Crippen molar-refractivity contribution >= 4 is 0 Å². The number of hydrogen-bond acceptors (Lipinski definition) is 0. The molecule has 0 amide bonds. The summed E-state index contributed by atoms with van der Waals surface area (Å²) in [5.41, 5.74) is 0. The molecule has 1 saturated carbocycles. The first kappa shape index (κ1) is 5.00. The van der Waals surface area contributed by atoms with Crippen molar-refractivity contribution in [2.24, 2.45) is 0 Å². The maximum atomic E-state index is 1.50.